The van der Waals surface area contributed by atoms with E-state index in [2.05, 4.69) is 4.72 Å². The lowest BCUT2D eigenvalue weighted by atomic mass is 10.2. The summed E-state index contributed by atoms with van der Waals surface area (Å²) in [6.07, 6.45) is 0. The van der Waals surface area contributed by atoms with Crippen LogP contribution in [0.1, 0.15) is 11.1 Å². The van der Waals surface area contributed by atoms with Gasteiger partial charge in [-0.25, -0.2) is 13.1 Å². The van der Waals surface area contributed by atoms with Crippen LogP contribution in [0.5, 0.6) is 0 Å². The molecule has 0 spiro atoms. The van der Waals surface area contributed by atoms with Crippen molar-refractivity contribution in [1.82, 2.24) is 4.72 Å². The molecule has 16 heavy (non-hydrogen) atoms. The minimum atomic E-state index is -3.52. The van der Waals surface area contributed by atoms with Gasteiger partial charge in [-0.1, -0.05) is 0 Å². The number of nitriles is 1. The number of aryl methyl sites for hydroxylation is 1. The monoisotopic (exact) mass is 239 g/mol. The van der Waals surface area contributed by atoms with E-state index in [9.17, 15) is 8.42 Å². The van der Waals surface area contributed by atoms with Crippen molar-refractivity contribution >= 4 is 10.0 Å². The first-order valence-electron chi connectivity index (χ1n) is 4.72. The van der Waals surface area contributed by atoms with Crippen LogP contribution in [0.4, 0.5) is 0 Å². The SMILES string of the molecule is Cc1cc(C#N)ccc1S(=O)(=O)NCCN. The maximum absolute atomic E-state index is 11.8. The van der Waals surface area contributed by atoms with Crippen LogP contribution in [0.3, 0.4) is 0 Å². The third kappa shape index (κ3) is 2.79. The van der Waals surface area contributed by atoms with Crippen LogP contribution >= 0.6 is 0 Å². The smallest absolute Gasteiger partial charge is 0.240 e. The van der Waals surface area contributed by atoms with E-state index in [0.717, 1.165) is 0 Å². The van der Waals surface area contributed by atoms with E-state index in [1.165, 1.54) is 18.2 Å². The number of benzene rings is 1. The van der Waals surface area contributed by atoms with Crippen molar-refractivity contribution in [3.63, 3.8) is 0 Å². The Hall–Kier alpha value is -1.42. The summed E-state index contributed by atoms with van der Waals surface area (Å²) in [5.41, 5.74) is 6.21. The fourth-order valence-corrected chi connectivity index (χ4v) is 2.56. The van der Waals surface area contributed by atoms with Crippen LogP contribution in [0.15, 0.2) is 23.1 Å². The van der Waals surface area contributed by atoms with Gasteiger partial charge in [-0.3, -0.25) is 0 Å². The predicted octanol–water partition coefficient (Wildman–Crippen LogP) is 0.104. The third-order valence-electron chi connectivity index (χ3n) is 2.03. The van der Waals surface area contributed by atoms with E-state index < -0.39 is 10.0 Å². The number of rotatable bonds is 4. The Bertz CT molecular complexity index is 517. The van der Waals surface area contributed by atoms with Gasteiger partial charge >= 0.3 is 0 Å². The summed E-state index contributed by atoms with van der Waals surface area (Å²) < 4.78 is 25.9. The Kier molecular flexibility index (Phi) is 4.01. The molecule has 1 aromatic rings. The van der Waals surface area contributed by atoms with Gasteiger partial charge < -0.3 is 5.73 Å². The highest BCUT2D eigenvalue weighted by atomic mass is 32.2. The van der Waals surface area contributed by atoms with Crippen LogP contribution in [0, 0.1) is 18.3 Å². The molecule has 0 saturated heterocycles. The lowest BCUT2D eigenvalue weighted by molar-refractivity contribution is 0.581. The van der Waals surface area contributed by atoms with Gasteiger partial charge in [0, 0.05) is 13.1 Å². The summed E-state index contributed by atoms with van der Waals surface area (Å²) in [5, 5.41) is 8.67. The number of nitrogens with zero attached hydrogens (tertiary/aromatic N) is 1. The molecule has 0 aliphatic rings. The van der Waals surface area contributed by atoms with Gasteiger partial charge in [-0.05, 0) is 30.7 Å². The minimum absolute atomic E-state index is 0.181. The van der Waals surface area contributed by atoms with E-state index in [4.69, 9.17) is 11.0 Å². The molecule has 3 N–H and O–H groups in total. The molecule has 0 aromatic heterocycles. The van der Waals surface area contributed by atoms with Gasteiger partial charge in [0.1, 0.15) is 0 Å². The standard InChI is InChI=1S/C10H13N3O2S/c1-8-6-9(7-12)2-3-10(8)16(14,15)13-5-4-11/h2-3,6,13H,4-5,11H2,1H3. The van der Waals surface area contributed by atoms with Crippen molar-refractivity contribution in [2.24, 2.45) is 5.73 Å². The summed E-state index contributed by atoms with van der Waals surface area (Å²) in [4.78, 5) is 0.181. The van der Waals surface area contributed by atoms with Crippen LogP contribution in [0.25, 0.3) is 0 Å². The first-order valence-corrected chi connectivity index (χ1v) is 6.20. The third-order valence-corrected chi connectivity index (χ3v) is 3.65. The maximum Gasteiger partial charge on any atom is 0.240 e. The number of nitrogens with two attached hydrogens (primary N) is 1. The minimum Gasteiger partial charge on any atom is -0.329 e. The average molecular weight is 239 g/mol. The Morgan fingerprint density at radius 2 is 2.19 bits per heavy atom. The first kappa shape index (κ1) is 12.6. The molecule has 0 atom stereocenters. The normalized spacial score (nSPS) is 11.1. The van der Waals surface area contributed by atoms with Crippen molar-refractivity contribution in [1.29, 1.82) is 5.26 Å². The Balaban J connectivity index is 3.10. The largest absolute Gasteiger partial charge is 0.329 e. The zero-order valence-electron chi connectivity index (χ0n) is 8.90. The van der Waals surface area contributed by atoms with Crippen LogP contribution in [0.2, 0.25) is 0 Å². The zero-order valence-corrected chi connectivity index (χ0v) is 9.71. The van der Waals surface area contributed by atoms with Gasteiger partial charge in [0.25, 0.3) is 0 Å². The van der Waals surface area contributed by atoms with E-state index in [-0.39, 0.29) is 18.0 Å². The summed E-state index contributed by atoms with van der Waals surface area (Å²) in [6, 6.07) is 6.39. The van der Waals surface area contributed by atoms with E-state index in [1.54, 1.807) is 6.92 Å². The Morgan fingerprint density at radius 1 is 1.50 bits per heavy atom. The molecule has 86 valence electrons. The highest BCUT2D eigenvalue weighted by Gasteiger charge is 2.15. The average Bonchev–Trinajstić information content (AvgIpc) is 2.25. The lowest BCUT2D eigenvalue weighted by Gasteiger charge is -2.08. The maximum atomic E-state index is 11.8. The van der Waals surface area contributed by atoms with Crippen LogP contribution in [-0.2, 0) is 10.0 Å². The molecule has 0 aliphatic heterocycles. The van der Waals surface area contributed by atoms with Crippen molar-refractivity contribution in [3.05, 3.63) is 29.3 Å². The van der Waals surface area contributed by atoms with Crippen molar-refractivity contribution in [2.45, 2.75) is 11.8 Å². The molecule has 5 nitrogen and oxygen atoms in total. The molecule has 1 rings (SSSR count). The molecule has 0 aliphatic carbocycles. The van der Waals surface area contributed by atoms with Crippen molar-refractivity contribution < 1.29 is 8.42 Å². The molecular weight excluding hydrogens is 226 g/mol. The number of nitrogens with one attached hydrogen (secondary N) is 1. The number of hydrogen-bond acceptors (Lipinski definition) is 4. The Labute approximate surface area is 94.9 Å². The summed E-state index contributed by atoms with van der Waals surface area (Å²) >= 11 is 0. The molecule has 1 aromatic carbocycles. The molecule has 0 amide bonds. The predicted molar refractivity (Wildman–Crippen MR) is 60.1 cm³/mol. The quantitative estimate of drug-likeness (QED) is 0.779. The molecule has 0 bridgehead atoms. The van der Waals surface area contributed by atoms with E-state index >= 15 is 0 Å². The summed E-state index contributed by atoms with van der Waals surface area (Å²) in [5.74, 6) is 0. The molecule has 6 heteroatoms. The molecular formula is C10H13N3O2S. The van der Waals surface area contributed by atoms with Gasteiger partial charge in [-0.2, -0.15) is 5.26 Å². The Morgan fingerprint density at radius 3 is 2.69 bits per heavy atom. The highest BCUT2D eigenvalue weighted by molar-refractivity contribution is 7.89. The second-order valence-electron chi connectivity index (χ2n) is 3.28. The topological polar surface area (TPSA) is 96.0 Å². The zero-order chi connectivity index (χ0) is 12.2. The lowest BCUT2D eigenvalue weighted by Crippen LogP contribution is -2.29. The van der Waals surface area contributed by atoms with Gasteiger partial charge in [0.15, 0.2) is 0 Å². The van der Waals surface area contributed by atoms with Crippen LogP contribution < -0.4 is 10.5 Å². The first-order chi connectivity index (χ1) is 7.51. The fourth-order valence-electron chi connectivity index (χ4n) is 1.29. The summed E-state index contributed by atoms with van der Waals surface area (Å²) in [6.45, 7) is 2.09. The number of sulfonamides is 1. The van der Waals surface area contributed by atoms with Crippen LogP contribution in [-0.4, -0.2) is 21.5 Å². The summed E-state index contributed by atoms with van der Waals surface area (Å²) in [7, 11) is -3.52. The van der Waals surface area contributed by atoms with Crippen molar-refractivity contribution in [2.75, 3.05) is 13.1 Å². The molecule has 0 heterocycles. The fraction of sp³-hybridized carbons (Fsp3) is 0.300. The van der Waals surface area contributed by atoms with Gasteiger partial charge in [0.2, 0.25) is 10.0 Å². The van der Waals surface area contributed by atoms with E-state index in [0.29, 0.717) is 11.1 Å². The molecule has 0 unspecified atom stereocenters. The van der Waals surface area contributed by atoms with Crippen molar-refractivity contribution in [3.8, 4) is 6.07 Å². The molecule has 0 radical (unpaired) electrons. The number of hydrogen-bond donors (Lipinski definition) is 2. The highest BCUT2D eigenvalue weighted by Crippen LogP contribution is 2.15. The second-order valence-corrected chi connectivity index (χ2v) is 5.01. The molecule has 0 saturated carbocycles. The van der Waals surface area contributed by atoms with E-state index in [1.807, 2.05) is 6.07 Å². The second kappa shape index (κ2) is 5.07. The van der Waals surface area contributed by atoms with Gasteiger partial charge in [0.05, 0.1) is 16.5 Å². The molecule has 0 fully saturated rings. The van der Waals surface area contributed by atoms with Gasteiger partial charge in [-0.15, -0.1) is 0 Å².